The Hall–Kier alpha value is -2.61. The third-order valence-electron chi connectivity index (χ3n) is 5.72. The molecule has 2 aliphatic rings. The first-order valence-electron chi connectivity index (χ1n) is 10.4. The first-order chi connectivity index (χ1) is 14.1. The summed E-state index contributed by atoms with van der Waals surface area (Å²) >= 11 is 0. The Morgan fingerprint density at radius 3 is 2.86 bits per heavy atom. The van der Waals surface area contributed by atoms with Gasteiger partial charge in [-0.1, -0.05) is 6.07 Å². The molecule has 0 spiro atoms. The molecule has 0 bridgehead atoms. The number of anilines is 1. The Morgan fingerprint density at radius 2 is 2.17 bits per heavy atom. The second-order valence-electron chi connectivity index (χ2n) is 7.93. The number of hydrogen-bond acceptors (Lipinski definition) is 5. The minimum atomic E-state index is 0.256. The minimum absolute atomic E-state index is 0.256. The lowest BCUT2D eigenvalue weighted by Gasteiger charge is -2.32. The van der Waals surface area contributed by atoms with Crippen molar-refractivity contribution in [2.24, 2.45) is 12.0 Å². The molecule has 2 atom stereocenters. The number of morpholine rings is 1. The number of aliphatic imine (C=N–C) groups is 1. The SMILES string of the molecule is CN=C(NCc1ccc(N2CCOC(C)C2)nc1)N1CCC(c2cnn(C)c2)C1. The molecule has 29 heavy (non-hydrogen) atoms. The van der Waals surface area contributed by atoms with Gasteiger partial charge in [0.25, 0.3) is 0 Å². The number of pyridine rings is 1. The van der Waals surface area contributed by atoms with Gasteiger partial charge in [0.2, 0.25) is 0 Å². The van der Waals surface area contributed by atoms with Crippen molar-refractivity contribution in [3.63, 3.8) is 0 Å². The van der Waals surface area contributed by atoms with Crippen molar-refractivity contribution in [3.8, 4) is 0 Å². The molecule has 8 heteroatoms. The van der Waals surface area contributed by atoms with Crippen LogP contribution in [0.4, 0.5) is 5.82 Å². The quantitative estimate of drug-likeness (QED) is 0.624. The maximum absolute atomic E-state index is 5.61. The van der Waals surface area contributed by atoms with Gasteiger partial charge < -0.3 is 19.9 Å². The molecular weight excluding hydrogens is 366 g/mol. The van der Waals surface area contributed by atoms with E-state index in [4.69, 9.17) is 4.74 Å². The largest absolute Gasteiger partial charge is 0.375 e. The topological polar surface area (TPSA) is 70.8 Å². The molecular formula is C21H31N7O. The lowest BCUT2D eigenvalue weighted by atomic mass is 10.0. The highest BCUT2D eigenvalue weighted by molar-refractivity contribution is 5.80. The number of likely N-dealkylation sites (tertiary alicyclic amines) is 1. The lowest BCUT2D eigenvalue weighted by molar-refractivity contribution is 0.0529. The molecule has 4 heterocycles. The van der Waals surface area contributed by atoms with Gasteiger partial charge in [-0.25, -0.2) is 4.98 Å². The molecule has 0 saturated carbocycles. The van der Waals surface area contributed by atoms with Crippen LogP contribution in [-0.2, 0) is 18.3 Å². The zero-order valence-electron chi connectivity index (χ0n) is 17.6. The lowest BCUT2D eigenvalue weighted by Crippen LogP contribution is -2.41. The van der Waals surface area contributed by atoms with E-state index in [1.807, 2.05) is 31.2 Å². The van der Waals surface area contributed by atoms with Gasteiger partial charge in [-0.2, -0.15) is 5.10 Å². The van der Waals surface area contributed by atoms with Crippen LogP contribution in [0.25, 0.3) is 0 Å². The summed E-state index contributed by atoms with van der Waals surface area (Å²) in [5, 5.41) is 7.80. The van der Waals surface area contributed by atoms with Crippen LogP contribution in [0.5, 0.6) is 0 Å². The van der Waals surface area contributed by atoms with Crippen LogP contribution >= 0.6 is 0 Å². The fraction of sp³-hybridized carbons (Fsp3) is 0.571. The van der Waals surface area contributed by atoms with Crippen LogP contribution in [-0.4, -0.2) is 71.6 Å². The first-order valence-corrected chi connectivity index (χ1v) is 10.4. The summed E-state index contributed by atoms with van der Waals surface area (Å²) in [6.45, 7) is 7.35. The summed E-state index contributed by atoms with van der Waals surface area (Å²) in [5.41, 5.74) is 2.46. The molecule has 8 nitrogen and oxygen atoms in total. The number of aryl methyl sites for hydroxylation is 1. The molecule has 1 N–H and O–H groups in total. The second kappa shape index (κ2) is 8.82. The van der Waals surface area contributed by atoms with E-state index in [-0.39, 0.29) is 6.10 Å². The average molecular weight is 398 g/mol. The number of nitrogens with zero attached hydrogens (tertiary/aromatic N) is 6. The van der Waals surface area contributed by atoms with E-state index in [2.05, 4.69) is 55.4 Å². The first kappa shape index (κ1) is 19.7. The van der Waals surface area contributed by atoms with E-state index < -0.39 is 0 Å². The van der Waals surface area contributed by atoms with E-state index in [0.717, 1.165) is 56.5 Å². The molecule has 2 aromatic rings. The van der Waals surface area contributed by atoms with E-state index >= 15 is 0 Å². The highest BCUT2D eigenvalue weighted by Crippen LogP contribution is 2.26. The van der Waals surface area contributed by atoms with E-state index in [9.17, 15) is 0 Å². The molecule has 0 radical (unpaired) electrons. The predicted molar refractivity (Wildman–Crippen MR) is 114 cm³/mol. The Kier molecular flexibility index (Phi) is 5.99. The van der Waals surface area contributed by atoms with Gasteiger partial charge in [-0.15, -0.1) is 0 Å². The molecule has 0 aliphatic carbocycles. The summed E-state index contributed by atoms with van der Waals surface area (Å²) in [6.07, 6.45) is 7.43. The maximum Gasteiger partial charge on any atom is 0.193 e. The molecule has 0 amide bonds. The molecule has 0 aromatic carbocycles. The van der Waals surface area contributed by atoms with E-state index in [1.54, 1.807) is 0 Å². The fourth-order valence-electron chi connectivity index (χ4n) is 4.12. The molecule has 2 aromatic heterocycles. The van der Waals surface area contributed by atoms with Crippen molar-refractivity contribution in [3.05, 3.63) is 41.9 Å². The Labute approximate surface area is 172 Å². The van der Waals surface area contributed by atoms with Crippen molar-refractivity contribution >= 4 is 11.8 Å². The van der Waals surface area contributed by atoms with Gasteiger partial charge in [0.05, 0.1) is 18.9 Å². The highest BCUT2D eigenvalue weighted by Gasteiger charge is 2.26. The Bertz CT molecular complexity index is 832. The van der Waals surface area contributed by atoms with Crippen LogP contribution < -0.4 is 10.2 Å². The van der Waals surface area contributed by atoms with Gasteiger partial charge >= 0.3 is 0 Å². The van der Waals surface area contributed by atoms with Gasteiger partial charge in [0, 0.05) is 65.1 Å². The monoisotopic (exact) mass is 397 g/mol. The normalized spacial score (nSPS) is 22.9. The summed E-state index contributed by atoms with van der Waals surface area (Å²) in [4.78, 5) is 13.8. The van der Waals surface area contributed by atoms with Crippen LogP contribution in [0.3, 0.4) is 0 Å². The zero-order chi connectivity index (χ0) is 20.2. The number of ether oxygens (including phenoxy) is 1. The summed E-state index contributed by atoms with van der Waals surface area (Å²) in [6, 6.07) is 4.25. The van der Waals surface area contributed by atoms with Crippen molar-refractivity contribution in [2.75, 3.05) is 44.7 Å². The van der Waals surface area contributed by atoms with Gasteiger partial charge in [0.1, 0.15) is 5.82 Å². The summed E-state index contributed by atoms with van der Waals surface area (Å²) in [7, 11) is 3.82. The third-order valence-corrected chi connectivity index (χ3v) is 5.72. The van der Waals surface area contributed by atoms with E-state index in [0.29, 0.717) is 12.5 Å². The minimum Gasteiger partial charge on any atom is -0.375 e. The second-order valence-corrected chi connectivity index (χ2v) is 7.93. The number of rotatable bonds is 4. The summed E-state index contributed by atoms with van der Waals surface area (Å²) in [5.74, 6) is 2.48. The van der Waals surface area contributed by atoms with Gasteiger partial charge in [0.15, 0.2) is 5.96 Å². The fourth-order valence-corrected chi connectivity index (χ4v) is 4.12. The van der Waals surface area contributed by atoms with Crippen LogP contribution in [0.1, 0.15) is 30.4 Å². The zero-order valence-corrected chi connectivity index (χ0v) is 17.6. The van der Waals surface area contributed by atoms with E-state index in [1.165, 1.54) is 5.56 Å². The molecule has 156 valence electrons. The number of guanidine groups is 1. The smallest absolute Gasteiger partial charge is 0.193 e. The number of hydrogen-bond donors (Lipinski definition) is 1. The maximum atomic E-state index is 5.61. The predicted octanol–water partition coefficient (Wildman–Crippen LogP) is 1.61. The Morgan fingerprint density at radius 1 is 1.28 bits per heavy atom. The number of nitrogens with one attached hydrogen (secondary N) is 1. The van der Waals surface area contributed by atoms with Gasteiger partial charge in [-0.3, -0.25) is 9.67 Å². The van der Waals surface area contributed by atoms with Crippen LogP contribution in [0.15, 0.2) is 35.7 Å². The van der Waals surface area contributed by atoms with Crippen molar-refractivity contribution in [2.45, 2.75) is 31.9 Å². The van der Waals surface area contributed by atoms with Gasteiger partial charge in [-0.05, 0) is 30.5 Å². The molecule has 2 aliphatic heterocycles. The number of aromatic nitrogens is 3. The third kappa shape index (κ3) is 4.70. The van der Waals surface area contributed by atoms with Crippen LogP contribution in [0.2, 0.25) is 0 Å². The molecule has 4 rings (SSSR count). The highest BCUT2D eigenvalue weighted by atomic mass is 16.5. The molecule has 2 fully saturated rings. The average Bonchev–Trinajstić information content (AvgIpc) is 3.38. The van der Waals surface area contributed by atoms with Crippen LogP contribution in [0, 0.1) is 0 Å². The summed E-state index contributed by atoms with van der Waals surface area (Å²) < 4.78 is 7.49. The van der Waals surface area contributed by atoms with Crippen molar-refractivity contribution < 1.29 is 4.74 Å². The standard InChI is InChI=1S/C21H31N7O/c1-16-13-27(8-9-29-16)20-5-4-17(10-23-20)11-24-21(22-2)28-7-6-18(15-28)19-12-25-26(3)14-19/h4-5,10,12,14,16,18H,6-9,11,13,15H2,1-3H3,(H,22,24). The van der Waals surface area contributed by atoms with Crippen molar-refractivity contribution in [1.29, 1.82) is 0 Å². The molecule has 2 saturated heterocycles. The molecule has 2 unspecified atom stereocenters. The van der Waals surface area contributed by atoms with Crippen molar-refractivity contribution in [1.82, 2.24) is 25.0 Å². The Balaban J connectivity index is 1.31.